The van der Waals surface area contributed by atoms with Gasteiger partial charge in [0.15, 0.2) is 4.96 Å². The van der Waals surface area contributed by atoms with E-state index < -0.39 is 0 Å². The van der Waals surface area contributed by atoms with Crippen LogP contribution in [-0.4, -0.2) is 44.5 Å². The molecule has 1 aliphatic heterocycles. The number of thiazole rings is 1. The molecule has 5 nitrogen and oxygen atoms in total. The summed E-state index contributed by atoms with van der Waals surface area (Å²) >= 11 is 3.04. The predicted octanol–water partition coefficient (Wildman–Crippen LogP) is 2.60. The molecule has 1 amide bonds. The maximum Gasteiger partial charge on any atom is 0.264 e. The second kappa shape index (κ2) is 5.08. The number of imidazole rings is 1. The smallest absolute Gasteiger partial charge is 0.264 e. The highest BCUT2D eigenvalue weighted by Gasteiger charge is 2.28. The third-order valence-electron chi connectivity index (χ3n) is 4.05. The summed E-state index contributed by atoms with van der Waals surface area (Å²) in [5.74, 6) is 0.0285. The number of carbonyl (C=O) groups excluding carboxylic acids is 1. The minimum absolute atomic E-state index is 0.0285. The molecular weight excluding hydrogens is 306 g/mol. The van der Waals surface area contributed by atoms with Crippen LogP contribution < -0.4 is 0 Å². The van der Waals surface area contributed by atoms with E-state index in [-0.39, 0.29) is 18.6 Å². The van der Waals surface area contributed by atoms with Crippen LogP contribution in [0.4, 0.5) is 0 Å². The SMILES string of the molecule is O=C(c1cc2c(nc3sccn32)s1)N1CCCCC1CO. The van der Waals surface area contributed by atoms with Gasteiger partial charge in [0.2, 0.25) is 0 Å². The fraction of sp³-hybridized carbons (Fsp3) is 0.429. The highest BCUT2D eigenvalue weighted by molar-refractivity contribution is 7.21. The van der Waals surface area contributed by atoms with E-state index in [1.807, 2.05) is 26.9 Å². The van der Waals surface area contributed by atoms with Crippen LogP contribution in [0.3, 0.4) is 0 Å². The maximum atomic E-state index is 12.7. The van der Waals surface area contributed by atoms with E-state index >= 15 is 0 Å². The highest BCUT2D eigenvalue weighted by Crippen LogP contribution is 2.30. The average Bonchev–Trinajstić information content (AvgIpc) is 3.17. The van der Waals surface area contributed by atoms with E-state index in [1.165, 1.54) is 11.3 Å². The van der Waals surface area contributed by atoms with Crippen molar-refractivity contribution < 1.29 is 9.90 Å². The Morgan fingerprint density at radius 2 is 2.38 bits per heavy atom. The fourth-order valence-corrected chi connectivity index (χ4v) is 4.71. The Balaban J connectivity index is 1.71. The van der Waals surface area contributed by atoms with Crippen LogP contribution in [0.1, 0.15) is 28.9 Å². The van der Waals surface area contributed by atoms with E-state index in [1.54, 1.807) is 11.3 Å². The zero-order valence-electron chi connectivity index (χ0n) is 11.4. The van der Waals surface area contributed by atoms with E-state index in [9.17, 15) is 9.90 Å². The zero-order valence-corrected chi connectivity index (χ0v) is 13.0. The summed E-state index contributed by atoms with van der Waals surface area (Å²) in [6, 6.07) is 1.89. The number of thiophene rings is 1. The molecule has 3 aromatic rings. The zero-order chi connectivity index (χ0) is 14.4. The van der Waals surface area contributed by atoms with E-state index in [4.69, 9.17) is 0 Å². The number of aliphatic hydroxyl groups excluding tert-OH is 1. The largest absolute Gasteiger partial charge is 0.394 e. The van der Waals surface area contributed by atoms with Crippen LogP contribution in [0.5, 0.6) is 0 Å². The highest BCUT2D eigenvalue weighted by atomic mass is 32.1. The number of amides is 1. The van der Waals surface area contributed by atoms with Crippen molar-refractivity contribution in [2.45, 2.75) is 25.3 Å². The number of nitrogens with zero attached hydrogens (tertiary/aromatic N) is 3. The second-order valence-electron chi connectivity index (χ2n) is 5.30. The van der Waals surface area contributed by atoms with Crippen molar-refractivity contribution in [2.24, 2.45) is 0 Å². The summed E-state index contributed by atoms with van der Waals surface area (Å²) in [5, 5.41) is 11.5. The molecule has 1 N–H and O–H groups in total. The van der Waals surface area contributed by atoms with Gasteiger partial charge in [0.1, 0.15) is 4.83 Å². The number of aromatic nitrogens is 2. The normalized spacial score (nSPS) is 19.7. The van der Waals surface area contributed by atoms with Crippen LogP contribution in [0.25, 0.3) is 15.3 Å². The van der Waals surface area contributed by atoms with Gasteiger partial charge < -0.3 is 10.0 Å². The first-order valence-corrected chi connectivity index (χ1v) is 8.74. The van der Waals surface area contributed by atoms with Crippen molar-refractivity contribution in [3.8, 4) is 0 Å². The van der Waals surface area contributed by atoms with Gasteiger partial charge in [-0.3, -0.25) is 9.20 Å². The first-order valence-electron chi connectivity index (χ1n) is 7.05. The van der Waals surface area contributed by atoms with Gasteiger partial charge in [0.05, 0.1) is 23.0 Å². The molecule has 0 radical (unpaired) electrons. The van der Waals surface area contributed by atoms with Crippen molar-refractivity contribution in [3.63, 3.8) is 0 Å². The molecule has 0 saturated carbocycles. The molecule has 1 saturated heterocycles. The fourth-order valence-electron chi connectivity index (χ4n) is 2.95. The Bertz CT molecular complexity index is 804. The number of hydrogen-bond donors (Lipinski definition) is 1. The predicted molar refractivity (Wildman–Crippen MR) is 84.2 cm³/mol. The third-order valence-corrected chi connectivity index (χ3v) is 5.81. The lowest BCUT2D eigenvalue weighted by molar-refractivity contribution is 0.0508. The standard InChI is InChI=1S/C14H15N3O2S2/c18-8-9-3-1-2-4-16(9)13(19)11-7-10-12(21-11)15-14-17(10)5-6-20-14/h5-7,9,18H,1-4,8H2. The molecule has 3 aromatic heterocycles. The van der Waals surface area contributed by atoms with Gasteiger partial charge in [-0.15, -0.1) is 22.7 Å². The van der Waals surface area contributed by atoms with E-state index in [2.05, 4.69) is 4.98 Å². The van der Waals surface area contributed by atoms with Gasteiger partial charge in [-0.25, -0.2) is 4.98 Å². The summed E-state index contributed by atoms with van der Waals surface area (Å²) in [7, 11) is 0. The van der Waals surface area contributed by atoms with Crippen LogP contribution in [-0.2, 0) is 0 Å². The van der Waals surface area contributed by atoms with Crippen LogP contribution in [0.15, 0.2) is 17.6 Å². The first-order chi connectivity index (χ1) is 10.3. The van der Waals surface area contributed by atoms with Crippen molar-refractivity contribution in [1.82, 2.24) is 14.3 Å². The molecule has 1 atom stereocenters. The van der Waals surface area contributed by atoms with Gasteiger partial charge in [-0.1, -0.05) is 0 Å². The van der Waals surface area contributed by atoms with Crippen LogP contribution in [0.2, 0.25) is 0 Å². The second-order valence-corrected chi connectivity index (χ2v) is 7.20. The molecule has 4 rings (SSSR count). The Labute approximate surface area is 129 Å². The molecular formula is C14H15N3O2S2. The number of aliphatic hydroxyl groups is 1. The van der Waals surface area contributed by atoms with Crippen LogP contribution in [0, 0.1) is 0 Å². The Morgan fingerprint density at radius 3 is 3.24 bits per heavy atom. The van der Waals surface area contributed by atoms with Gasteiger partial charge in [0.25, 0.3) is 5.91 Å². The Hall–Kier alpha value is -1.44. The maximum absolute atomic E-state index is 12.7. The summed E-state index contributed by atoms with van der Waals surface area (Å²) < 4.78 is 2.02. The van der Waals surface area contributed by atoms with Crippen molar-refractivity contribution in [1.29, 1.82) is 0 Å². The molecule has 21 heavy (non-hydrogen) atoms. The lowest BCUT2D eigenvalue weighted by Gasteiger charge is -2.34. The minimum atomic E-state index is -0.0375. The molecule has 1 fully saturated rings. The lowest BCUT2D eigenvalue weighted by atomic mass is 10.0. The number of hydrogen-bond acceptors (Lipinski definition) is 5. The molecule has 0 aromatic carbocycles. The number of likely N-dealkylation sites (tertiary alicyclic amines) is 1. The number of carbonyl (C=O) groups is 1. The van der Waals surface area contributed by atoms with Gasteiger partial charge in [0, 0.05) is 18.1 Å². The quantitative estimate of drug-likeness (QED) is 0.789. The number of rotatable bonds is 2. The summed E-state index contributed by atoms with van der Waals surface area (Å²) in [6.45, 7) is 0.783. The Morgan fingerprint density at radius 1 is 1.48 bits per heavy atom. The number of fused-ring (bicyclic) bond motifs is 3. The monoisotopic (exact) mass is 321 g/mol. The van der Waals surface area contributed by atoms with Crippen molar-refractivity contribution in [3.05, 3.63) is 22.5 Å². The summed E-state index contributed by atoms with van der Waals surface area (Å²) in [4.78, 5) is 21.6. The van der Waals surface area contributed by atoms with E-state index in [0.29, 0.717) is 4.88 Å². The molecule has 4 heterocycles. The topological polar surface area (TPSA) is 57.8 Å². The lowest BCUT2D eigenvalue weighted by Crippen LogP contribution is -2.45. The first kappa shape index (κ1) is 13.2. The number of piperidine rings is 1. The molecule has 0 bridgehead atoms. The van der Waals surface area contributed by atoms with E-state index in [0.717, 1.165) is 41.1 Å². The van der Waals surface area contributed by atoms with Crippen molar-refractivity contribution in [2.75, 3.05) is 13.2 Å². The summed E-state index contributed by atoms with van der Waals surface area (Å²) in [5.41, 5.74) is 0.997. The molecule has 7 heteroatoms. The van der Waals surface area contributed by atoms with Gasteiger partial charge in [-0.05, 0) is 25.3 Å². The van der Waals surface area contributed by atoms with Crippen LogP contribution >= 0.6 is 22.7 Å². The molecule has 1 unspecified atom stereocenters. The molecule has 1 aliphatic rings. The molecule has 0 aliphatic carbocycles. The van der Waals surface area contributed by atoms with Gasteiger partial charge in [-0.2, -0.15) is 0 Å². The minimum Gasteiger partial charge on any atom is -0.394 e. The van der Waals surface area contributed by atoms with Gasteiger partial charge >= 0.3 is 0 Å². The molecule has 0 spiro atoms. The Kier molecular flexibility index (Phi) is 3.20. The average molecular weight is 321 g/mol. The van der Waals surface area contributed by atoms with Crippen molar-refractivity contribution >= 4 is 43.9 Å². The molecule has 110 valence electrons. The third kappa shape index (κ3) is 2.07. The summed E-state index contributed by atoms with van der Waals surface area (Å²) in [6.07, 6.45) is 4.97.